The summed E-state index contributed by atoms with van der Waals surface area (Å²) in [5.74, 6) is 1.45. The van der Waals surface area contributed by atoms with Crippen LogP contribution < -0.4 is 4.74 Å². The molecule has 0 aliphatic carbocycles. The maximum absolute atomic E-state index is 5.57. The minimum atomic E-state index is -0.0594. The molecule has 17 heavy (non-hydrogen) atoms. The molecule has 2 rings (SSSR count). The van der Waals surface area contributed by atoms with Crippen molar-refractivity contribution in [3.8, 4) is 10.9 Å². The van der Waals surface area contributed by atoms with Gasteiger partial charge in [-0.05, 0) is 28.1 Å². The largest absolute Gasteiger partial charge is 0.428 e. The molecule has 2 heterocycles. The van der Waals surface area contributed by atoms with E-state index in [2.05, 4.69) is 51.0 Å². The monoisotopic (exact) mass is 313 g/mol. The molecule has 90 valence electrons. The van der Waals surface area contributed by atoms with Crippen molar-refractivity contribution in [1.29, 1.82) is 0 Å². The number of rotatable bonds is 2. The number of aromatic nitrogens is 3. The fourth-order valence-corrected chi connectivity index (χ4v) is 2.05. The van der Waals surface area contributed by atoms with Crippen LogP contribution in [-0.2, 0) is 5.41 Å². The van der Waals surface area contributed by atoms with Crippen LogP contribution >= 0.6 is 27.5 Å². The van der Waals surface area contributed by atoms with Crippen molar-refractivity contribution in [2.24, 2.45) is 0 Å². The summed E-state index contributed by atoms with van der Waals surface area (Å²) in [5.41, 5.74) is -0.0594. The topological polar surface area (TPSA) is 47.9 Å². The first-order chi connectivity index (χ1) is 7.95. The van der Waals surface area contributed by atoms with E-state index in [4.69, 9.17) is 4.74 Å². The molecule has 0 amide bonds. The van der Waals surface area contributed by atoms with Crippen LogP contribution in [-0.4, -0.2) is 14.3 Å². The quantitative estimate of drug-likeness (QED) is 0.791. The van der Waals surface area contributed by atoms with Gasteiger partial charge in [0, 0.05) is 16.9 Å². The Bertz CT molecular complexity index is 504. The molecule has 0 saturated carbocycles. The molecule has 2 aromatic heterocycles. The van der Waals surface area contributed by atoms with Crippen LogP contribution in [0.5, 0.6) is 10.9 Å². The zero-order chi connectivity index (χ0) is 12.5. The van der Waals surface area contributed by atoms with Crippen LogP contribution in [0.15, 0.2) is 22.9 Å². The van der Waals surface area contributed by atoms with E-state index in [0.717, 1.165) is 10.4 Å². The van der Waals surface area contributed by atoms with Crippen LogP contribution in [0.25, 0.3) is 0 Å². The summed E-state index contributed by atoms with van der Waals surface area (Å²) in [6.45, 7) is 6.21. The van der Waals surface area contributed by atoms with Crippen molar-refractivity contribution in [3.05, 3.63) is 28.8 Å². The van der Waals surface area contributed by atoms with Gasteiger partial charge in [0.15, 0.2) is 5.82 Å². The molecule has 0 radical (unpaired) electrons. The predicted molar refractivity (Wildman–Crippen MR) is 70.6 cm³/mol. The number of halogens is 1. The Morgan fingerprint density at radius 3 is 2.59 bits per heavy atom. The van der Waals surface area contributed by atoms with Gasteiger partial charge < -0.3 is 4.74 Å². The van der Waals surface area contributed by atoms with Gasteiger partial charge in [0.2, 0.25) is 0 Å². The normalized spacial score (nSPS) is 11.5. The molecule has 0 N–H and O–H groups in total. The second-order valence-corrected chi connectivity index (χ2v) is 6.08. The summed E-state index contributed by atoms with van der Waals surface area (Å²) in [7, 11) is 0. The molecule has 0 spiro atoms. The molecule has 6 heteroatoms. The van der Waals surface area contributed by atoms with Gasteiger partial charge >= 0.3 is 0 Å². The molecule has 0 aliphatic heterocycles. The van der Waals surface area contributed by atoms with Crippen molar-refractivity contribution >= 4 is 27.5 Å². The van der Waals surface area contributed by atoms with Crippen LogP contribution in [0, 0.1) is 0 Å². The molecule has 0 aliphatic rings. The maximum atomic E-state index is 5.57. The number of nitrogens with zero attached hydrogens (tertiary/aromatic N) is 3. The summed E-state index contributed by atoms with van der Waals surface area (Å²) in [4.78, 5) is 8.42. The van der Waals surface area contributed by atoms with Gasteiger partial charge in [-0.2, -0.15) is 9.36 Å². The average Bonchev–Trinajstić information content (AvgIpc) is 2.69. The first-order valence-corrected chi connectivity index (χ1v) is 6.65. The van der Waals surface area contributed by atoms with E-state index in [0.29, 0.717) is 10.9 Å². The first kappa shape index (κ1) is 12.4. The number of ether oxygens (including phenoxy) is 1. The van der Waals surface area contributed by atoms with Gasteiger partial charge in [-0.3, -0.25) is 0 Å². The lowest BCUT2D eigenvalue weighted by molar-refractivity contribution is 0.466. The van der Waals surface area contributed by atoms with E-state index in [1.54, 1.807) is 6.20 Å². The van der Waals surface area contributed by atoms with Crippen LogP contribution in [0.2, 0.25) is 0 Å². The zero-order valence-electron chi connectivity index (χ0n) is 9.77. The van der Waals surface area contributed by atoms with Crippen molar-refractivity contribution in [2.75, 3.05) is 0 Å². The molecule has 0 aromatic carbocycles. The van der Waals surface area contributed by atoms with E-state index < -0.39 is 0 Å². The van der Waals surface area contributed by atoms with E-state index in [-0.39, 0.29) is 5.41 Å². The van der Waals surface area contributed by atoms with Gasteiger partial charge in [0.25, 0.3) is 5.19 Å². The highest BCUT2D eigenvalue weighted by molar-refractivity contribution is 9.10. The fraction of sp³-hybridized carbons (Fsp3) is 0.364. The SMILES string of the molecule is CC(C)(C)c1nsc(Oc2ccc(Br)nc2)n1. The van der Waals surface area contributed by atoms with Crippen molar-refractivity contribution < 1.29 is 4.74 Å². The second kappa shape index (κ2) is 4.70. The third-order valence-corrected chi connectivity index (χ3v) is 3.05. The summed E-state index contributed by atoms with van der Waals surface area (Å²) in [5, 5.41) is 0.541. The van der Waals surface area contributed by atoms with Gasteiger partial charge in [-0.15, -0.1) is 0 Å². The summed E-state index contributed by atoms with van der Waals surface area (Å²) in [6.07, 6.45) is 1.64. The first-order valence-electron chi connectivity index (χ1n) is 5.09. The standard InChI is InChI=1S/C11H12BrN3OS/c1-11(2,3)9-14-10(17-15-9)16-7-4-5-8(12)13-6-7/h4-6H,1-3H3. The Hall–Kier alpha value is -1.01. The smallest absolute Gasteiger partial charge is 0.298 e. The molecule has 2 aromatic rings. The van der Waals surface area contributed by atoms with E-state index in [9.17, 15) is 0 Å². The molecule has 4 nitrogen and oxygen atoms in total. The summed E-state index contributed by atoms with van der Waals surface area (Å²) in [6, 6.07) is 3.65. The van der Waals surface area contributed by atoms with Gasteiger partial charge in [-0.25, -0.2) is 4.98 Å². The third-order valence-electron chi connectivity index (χ3n) is 1.98. The number of hydrogen-bond acceptors (Lipinski definition) is 5. The van der Waals surface area contributed by atoms with Crippen molar-refractivity contribution in [1.82, 2.24) is 14.3 Å². The van der Waals surface area contributed by atoms with E-state index in [1.807, 2.05) is 12.1 Å². The molecule has 0 bridgehead atoms. The Labute approximate surface area is 112 Å². The molecule has 0 fully saturated rings. The Balaban J connectivity index is 2.14. The Kier molecular flexibility index (Phi) is 3.44. The summed E-state index contributed by atoms with van der Waals surface area (Å²) < 4.78 is 10.6. The van der Waals surface area contributed by atoms with Crippen LogP contribution in [0.1, 0.15) is 26.6 Å². The van der Waals surface area contributed by atoms with Gasteiger partial charge in [0.1, 0.15) is 10.4 Å². The van der Waals surface area contributed by atoms with Gasteiger partial charge in [-0.1, -0.05) is 20.8 Å². The lowest BCUT2D eigenvalue weighted by Gasteiger charge is -2.11. The molecular formula is C11H12BrN3OS. The summed E-state index contributed by atoms with van der Waals surface area (Å²) >= 11 is 4.52. The minimum absolute atomic E-state index is 0.0594. The highest BCUT2D eigenvalue weighted by Crippen LogP contribution is 2.27. The Morgan fingerprint density at radius 2 is 2.06 bits per heavy atom. The Morgan fingerprint density at radius 1 is 1.29 bits per heavy atom. The molecule has 0 saturated heterocycles. The minimum Gasteiger partial charge on any atom is -0.428 e. The van der Waals surface area contributed by atoms with E-state index >= 15 is 0 Å². The second-order valence-electron chi connectivity index (χ2n) is 4.55. The maximum Gasteiger partial charge on any atom is 0.298 e. The molecule has 0 atom stereocenters. The predicted octanol–water partition coefficient (Wildman–Crippen LogP) is 3.79. The third kappa shape index (κ3) is 3.23. The lowest BCUT2D eigenvalue weighted by atomic mass is 9.96. The van der Waals surface area contributed by atoms with Crippen molar-refractivity contribution in [3.63, 3.8) is 0 Å². The van der Waals surface area contributed by atoms with Crippen molar-refractivity contribution in [2.45, 2.75) is 26.2 Å². The number of pyridine rings is 1. The highest BCUT2D eigenvalue weighted by atomic mass is 79.9. The van der Waals surface area contributed by atoms with Crippen LogP contribution in [0.4, 0.5) is 0 Å². The number of hydrogen-bond donors (Lipinski definition) is 0. The highest BCUT2D eigenvalue weighted by Gasteiger charge is 2.20. The molecular weight excluding hydrogens is 302 g/mol. The van der Waals surface area contributed by atoms with E-state index in [1.165, 1.54) is 11.5 Å². The van der Waals surface area contributed by atoms with Crippen LogP contribution in [0.3, 0.4) is 0 Å². The average molecular weight is 314 g/mol. The fourth-order valence-electron chi connectivity index (χ4n) is 1.08. The lowest BCUT2D eigenvalue weighted by Crippen LogP contribution is -2.12. The van der Waals surface area contributed by atoms with Gasteiger partial charge in [0.05, 0.1) is 6.20 Å². The molecule has 0 unspecified atom stereocenters. The zero-order valence-corrected chi connectivity index (χ0v) is 12.2.